The van der Waals surface area contributed by atoms with Crippen LogP contribution in [0.25, 0.3) is 6.08 Å². The molecular weight excluding hydrogens is 378 g/mol. The molecule has 0 aliphatic carbocycles. The summed E-state index contributed by atoms with van der Waals surface area (Å²) in [6, 6.07) is 7.06. The van der Waals surface area contributed by atoms with E-state index in [1.807, 2.05) is 6.07 Å². The third-order valence-corrected chi connectivity index (χ3v) is 3.37. The largest absolute Gasteiger partial charge is 0.496 e. The van der Waals surface area contributed by atoms with Crippen LogP contribution in [0.4, 0.5) is 0 Å². The Morgan fingerprint density at radius 2 is 1.90 bits per heavy atom. The van der Waals surface area contributed by atoms with E-state index in [0.717, 1.165) is 0 Å². The highest BCUT2D eigenvalue weighted by molar-refractivity contribution is 5.87. The van der Waals surface area contributed by atoms with E-state index in [9.17, 15) is 9.59 Å². The van der Waals surface area contributed by atoms with E-state index in [2.05, 4.69) is 6.58 Å². The quantitative estimate of drug-likeness (QED) is 0.281. The lowest BCUT2D eigenvalue weighted by Crippen LogP contribution is -2.13. The first-order chi connectivity index (χ1) is 14.0. The Morgan fingerprint density at radius 3 is 2.59 bits per heavy atom. The van der Waals surface area contributed by atoms with E-state index < -0.39 is 11.9 Å². The number of benzene rings is 1. The van der Waals surface area contributed by atoms with Gasteiger partial charge >= 0.3 is 11.9 Å². The number of nitriles is 1. The Labute approximate surface area is 170 Å². The van der Waals surface area contributed by atoms with Gasteiger partial charge in [-0.15, -0.1) is 0 Å². The third-order valence-electron chi connectivity index (χ3n) is 3.37. The average molecular weight is 403 g/mol. The third kappa shape index (κ3) is 9.98. The van der Waals surface area contributed by atoms with Gasteiger partial charge in [0.1, 0.15) is 31.3 Å². The molecule has 8 heteroatoms. The Morgan fingerprint density at radius 1 is 1.14 bits per heavy atom. The summed E-state index contributed by atoms with van der Waals surface area (Å²) in [6.45, 7) is 6.17. The molecule has 0 saturated heterocycles. The summed E-state index contributed by atoms with van der Waals surface area (Å²) >= 11 is 0. The second kappa shape index (κ2) is 13.8. The van der Waals surface area contributed by atoms with E-state index in [0.29, 0.717) is 35.8 Å². The predicted molar refractivity (Wildman–Crippen MR) is 105 cm³/mol. The molecule has 0 aliphatic rings. The van der Waals surface area contributed by atoms with E-state index in [1.54, 1.807) is 31.2 Å². The monoisotopic (exact) mass is 403 g/mol. The molecule has 0 heterocycles. The predicted octanol–water partition coefficient (Wildman–Crippen LogP) is 2.68. The van der Waals surface area contributed by atoms with Crippen molar-refractivity contribution in [2.24, 2.45) is 0 Å². The van der Waals surface area contributed by atoms with E-state index in [4.69, 9.17) is 28.9 Å². The van der Waals surface area contributed by atoms with Gasteiger partial charge in [-0.2, -0.15) is 5.26 Å². The van der Waals surface area contributed by atoms with Crippen LogP contribution in [0.5, 0.6) is 11.5 Å². The number of carbonyl (C=O) groups is 2. The minimum absolute atomic E-state index is 0.0575. The van der Waals surface area contributed by atoms with E-state index in [1.165, 1.54) is 13.2 Å². The van der Waals surface area contributed by atoms with Crippen LogP contribution in [0, 0.1) is 11.3 Å². The van der Waals surface area contributed by atoms with Crippen LogP contribution in [-0.2, 0) is 23.8 Å². The second-order valence-electron chi connectivity index (χ2n) is 5.69. The molecule has 1 rings (SSSR count). The number of hydrogen-bond donors (Lipinski definition) is 0. The summed E-state index contributed by atoms with van der Waals surface area (Å²) < 4.78 is 26.0. The zero-order valence-electron chi connectivity index (χ0n) is 16.6. The fourth-order valence-electron chi connectivity index (χ4n) is 1.96. The molecule has 8 nitrogen and oxygen atoms in total. The topological polar surface area (TPSA) is 104 Å². The minimum Gasteiger partial charge on any atom is -0.496 e. The number of methoxy groups -OCH3 is 1. The van der Waals surface area contributed by atoms with Gasteiger partial charge in [-0.05, 0) is 25.1 Å². The lowest BCUT2D eigenvalue weighted by atomic mass is 10.1. The maximum atomic E-state index is 11.5. The fourth-order valence-corrected chi connectivity index (χ4v) is 1.96. The molecule has 0 N–H and O–H groups in total. The zero-order chi connectivity index (χ0) is 21.5. The summed E-state index contributed by atoms with van der Waals surface area (Å²) in [5.74, 6) is 0.124. The van der Waals surface area contributed by atoms with Gasteiger partial charge in [0.15, 0.2) is 0 Å². The molecule has 0 amide bonds. The maximum Gasteiger partial charge on any atom is 0.333 e. The summed E-state index contributed by atoms with van der Waals surface area (Å²) in [6.07, 6.45) is 2.98. The van der Waals surface area contributed by atoms with E-state index in [-0.39, 0.29) is 26.2 Å². The molecule has 0 aromatic heterocycles. The standard InChI is InChI=1S/C21H25NO7/c1-16(2)21(24)29-14-12-26-11-13-27-18-7-5-17(19(15-18)25-3)6-8-20(23)28-10-4-9-22/h5-8,15H,1,4,10-14H2,2-3H3/b8-6+. The SMILES string of the molecule is C=C(C)C(=O)OCCOCCOc1ccc(/C=C/C(=O)OCCC#N)c(OC)c1. The van der Waals surface area contributed by atoms with Crippen LogP contribution < -0.4 is 9.47 Å². The number of hydrogen-bond acceptors (Lipinski definition) is 8. The van der Waals surface area contributed by atoms with Gasteiger partial charge in [-0.25, -0.2) is 9.59 Å². The Kier molecular flexibility index (Phi) is 11.3. The van der Waals surface area contributed by atoms with Crippen molar-refractivity contribution in [3.63, 3.8) is 0 Å². The first kappa shape index (κ1) is 23.7. The molecule has 29 heavy (non-hydrogen) atoms. The molecular formula is C21H25NO7. The molecule has 1 aromatic carbocycles. The first-order valence-corrected chi connectivity index (χ1v) is 8.91. The van der Waals surface area contributed by atoms with Gasteiger partial charge in [0.05, 0.1) is 32.8 Å². The summed E-state index contributed by atoms with van der Waals surface area (Å²) in [7, 11) is 1.51. The summed E-state index contributed by atoms with van der Waals surface area (Å²) in [5.41, 5.74) is 1.02. The fraction of sp³-hybridized carbons (Fsp3) is 0.381. The first-order valence-electron chi connectivity index (χ1n) is 8.91. The van der Waals surface area contributed by atoms with E-state index >= 15 is 0 Å². The maximum absolute atomic E-state index is 11.5. The van der Waals surface area contributed by atoms with Crippen molar-refractivity contribution >= 4 is 18.0 Å². The van der Waals surface area contributed by atoms with Crippen molar-refractivity contribution in [3.05, 3.63) is 42.0 Å². The molecule has 0 fully saturated rings. The summed E-state index contributed by atoms with van der Waals surface area (Å²) in [5, 5.41) is 8.42. The Bertz CT molecular complexity index is 765. The Balaban J connectivity index is 2.39. The van der Waals surface area contributed by atoms with Gasteiger partial charge in [0, 0.05) is 23.3 Å². The van der Waals surface area contributed by atoms with Crippen LogP contribution in [0.3, 0.4) is 0 Å². The molecule has 0 saturated carbocycles. The van der Waals surface area contributed by atoms with Crippen LogP contribution in [0.2, 0.25) is 0 Å². The number of nitrogens with zero attached hydrogens (tertiary/aromatic N) is 1. The molecule has 0 unspecified atom stereocenters. The zero-order valence-corrected chi connectivity index (χ0v) is 16.6. The van der Waals surface area contributed by atoms with Crippen molar-refractivity contribution < 1.29 is 33.3 Å². The van der Waals surface area contributed by atoms with Crippen molar-refractivity contribution in [3.8, 4) is 17.6 Å². The minimum atomic E-state index is -0.534. The highest BCUT2D eigenvalue weighted by Crippen LogP contribution is 2.25. The normalized spacial score (nSPS) is 10.2. The van der Waals surface area contributed by atoms with Crippen molar-refractivity contribution in [2.45, 2.75) is 13.3 Å². The Hall–Kier alpha value is -3.31. The molecule has 0 spiro atoms. The van der Waals surface area contributed by atoms with Crippen molar-refractivity contribution in [1.29, 1.82) is 5.26 Å². The van der Waals surface area contributed by atoms with Crippen molar-refractivity contribution in [2.75, 3.05) is 40.1 Å². The van der Waals surface area contributed by atoms with Crippen molar-refractivity contribution in [1.82, 2.24) is 0 Å². The number of esters is 2. The second-order valence-corrected chi connectivity index (χ2v) is 5.69. The number of rotatable bonds is 13. The lowest BCUT2D eigenvalue weighted by Gasteiger charge is -2.10. The molecule has 1 aromatic rings. The molecule has 0 bridgehead atoms. The average Bonchev–Trinajstić information content (AvgIpc) is 2.71. The summed E-state index contributed by atoms with van der Waals surface area (Å²) in [4.78, 5) is 22.7. The van der Waals surface area contributed by atoms with Crippen LogP contribution >= 0.6 is 0 Å². The smallest absolute Gasteiger partial charge is 0.333 e. The lowest BCUT2D eigenvalue weighted by molar-refractivity contribution is -0.140. The highest BCUT2D eigenvalue weighted by atomic mass is 16.6. The molecule has 0 radical (unpaired) electrons. The number of carbonyl (C=O) groups excluding carboxylic acids is 2. The van der Waals surface area contributed by atoms with Gasteiger partial charge < -0.3 is 23.7 Å². The van der Waals surface area contributed by atoms with Gasteiger partial charge in [-0.3, -0.25) is 0 Å². The van der Waals surface area contributed by atoms with Gasteiger partial charge in [-0.1, -0.05) is 6.58 Å². The van der Waals surface area contributed by atoms with Crippen LogP contribution in [-0.4, -0.2) is 52.1 Å². The van der Waals surface area contributed by atoms with Crippen LogP contribution in [0.1, 0.15) is 18.9 Å². The molecule has 0 aliphatic heterocycles. The van der Waals surface area contributed by atoms with Gasteiger partial charge in [0.25, 0.3) is 0 Å². The molecule has 156 valence electrons. The molecule has 0 atom stereocenters. The van der Waals surface area contributed by atoms with Crippen LogP contribution in [0.15, 0.2) is 36.4 Å². The van der Waals surface area contributed by atoms with Gasteiger partial charge in [0.2, 0.25) is 0 Å². The highest BCUT2D eigenvalue weighted by Gasteiger charge is 2.05. The number of ether oxygens (including phenoxy) is 5.